The Morgan fingerprint density at radius 2 is 2.41 bits per heavy atom. The van der Waals surface area contributed by atoms with Gasteiger partial charge in [0.2, 0.25) is 0 Å². The molecule has 0 aliphatic carbocycles. The van der Waals surface area contributed by atoms with Gasteiger partial charge >= 0.3 is 0 Å². The van der Waals surface area contributed by atoms with Crippen molar-refractivity contribution in [3.8, 4) is 0 Å². The van der Waals surface area contributed by atoms with Gasteiger partial charge in [-0.05, 0) is 25.3 Å². The van der Waals surface area contributed by atoms with Crippen molar-refractivity contribution in [2.24, 2.45) is 5.92 Å². The first kappa shape index (κ1) is 13.3. The Balaban J connectivity index is 2.06. The highest BCUT2D eigenvalue weighted by atomic mass is 35.5. The molecule has 1 aromatic rings. The molecule has 0 spiro atoms. The highest BCUT2D eigenvalue weighted by Gasteiger charge is 2.28. The van der Waals surface area contributed by atoms with Crippen molar-refractivity contribution in [2.75, 3.05) is 13.1 Å². The normalized spacial score (nSPS) is 23.1. The number of alkyl halides is 1. The zero-order valence-electron chi connectivity index (χ0n) is 10.7. The molecule has 2 atom stereocenters. The van der Waals surface area contributed by atoms with Gasteiger partial charge in [-0.3, -0.25) is 4.90 Å². The van der Waals surface area contributed by atoms with E-state index in [1.54, 1.807) is 11.3 Å². The summed E-state index contributed by atoms with van der Waals surface area (Å²) in [4.78, 5) is 7.24. The first-order valence-corrected chi connectivity index (χ1v) is 7.94. The predicted octanol–water partition coefficient (Wildman–Crippen LogP) is 4.06. The summed E-state index contributed by atoms with van der Waals surface area (Å²) in [5, 5.41) is 3.35. The summed E-state index contributed by atoms with van der Waals surface area (Å²) in [6, 6.07) is 0.508. The molecule has 0 bridgehead atoms. The van der Waals surface area contributed by atoms with Crippen molar-refractivity contribution in [1.29, 1.82) is 0 Å². The van der Waals surface area contributed by atoms with Crippen LogP contribution in [0.15, 0.2) is 5.38 Å². The highest BCUT2D eigenvalue weighted by Crippen LogP contribution is 2.32. The van der Waals surface area contributed by atoms with Gasteiger partial charge in [0.1, 0.15) is 5.01 Å². The molecule has 1 saturated heterocycles. The topological polar surface area (TPSA) is 16.1 Å². The second-order valence-corrected chi connectivity index (χ2v) is 5.95. The second-order valence-electron chi connectivity index (χ2n) is 4.79. The Morgan fingerprint density at radius 3 is 2.94 bits per heavy atom. The molecule has 17 heavy (non-hydrogen) atoms. The lowest BCUT2D eigenvalue weighted by Gasteiger charge is -2.25. The fraction of sp³-hybridized carbons (Fsp3) is 0.769. The molecule has 1 aromatic heterocycles. The average molecular weight is 273 g/mol. The summed E-state index contributed by atoms with van der Waals surface area (Å²) in [6.45, 7) is 7.02. The van der Waals surface area contributed by atoms with E-state index in [1.165, 1.54) is 30.9 Å². The van der Waals surface area contributed by atoms with Crippen LogP contribution in [0.4, 0.5) is 0 Å². The van der Waals surface area contributed by atoms with E-state index in [0.29, 0.717) is 11.9 Å². The summed E-state index contributed by atoms with van der Waals surface area (Å²) in [5.74, 6) is 1.42. The molecule has 2 unspecified atom stereocenters. The lowest BCUT2D eigenvalue weighted by Crippen LogP contribution is -2.26. The van der Waals surface area contributed by atoms with Crippen LogP contribution in [0.5, 0.6) is 0 Å². The fourth-order valence-corrected chi connectivity index (χ4v) is 3.87. The lowest BCUT2D eigenvalue weighted by molar-refractivity contribution is 0.229. The predicted molar refractivity (Wildman–Crippen MR) is 74.7 cm³/mol. The Kier molecular flexibility index (Phi) is 4.83. The van der Waals surface area contributed by atoms with Crippen molar-refractivity contribution >= 4 is 22.9 Å². The van der Waals surface area contributed by atoms with E-state index >= 15 is 0 Å². The van der Waals surface area contributed by atoms with Gasteiger partial charge in [0, 0.05) is 11.9 Å². The number of hydrogen-bond acceptors (Lipinski definition) is 3. The number of halogens is 1. The summed E-state index contributed by atoms with van der Waals surface area (Å²) < 4.78 is 0. The van der Waals surface area contributed by atoms with Gasteiger partial charge < -0.3 is 0 Å². The number of hydrogen-bond donors (Lipinski definition) is 0. The van der Waals surface area contributed by atoms with Gasteiger partial charge in [0.25, 0.3) is 0 Å². The first-order chi connectivity index (χ1) is 8.28. The monoisotopic (exact) mass is 272 g/mol. The molecule has 1 fully saturated rings. The van der Waals surface area contributed by atoms with Gasteiger partial charge in [-0.1, -0.05) is 20.3 Å². The Bertz CT molecular complexity index is 353. The van der Waals surface area contributed by atoms with Gasteiger partial charge in [-0.2, -0.15) is 0 Å². The minimum Gasteiger partial charge on any atom is -0.294 e. The number of aromatic nitrogens is 1. The molecular weight excluding hydrogens is 252 g/mol. The molecule has 1 aliphatic heterocycles. The number of nitrogens with zero attached hydrogens (tertiary/aromatic N) is 2. The van der Waals surface area contributed by atoms with E-state index in [0.717, 1.165) is 18.0 Å². The molecule has 0 saturated carbocycles. The molecule has 0 aromatic carbocycles. The molecule has 1 aliphatic rings. The third kappa shape index (κ3) is 3.01. The van der Waals surface area contributed by atoms with Crippen LogP contribution >= 0.6 is 22.9 Å². The lowest BCUT2D eigenvalue weighted by atomic mass is 10.1. The van der Waals surface area contributed by atoms with Crippen molar-refractivity contribution < 1.29 is 0 Å². The fourth-order valence-electron chi connectivity index (χ4n) is 2.60. The van der Waals surface area contributed by atoms with Crippen LogP contribution in [0.1, 0.15) is 49.9 Å². The summed E-state index contributed by atoms with van der Waals surface area (Å²) >= 11 is 7.59. The smallest absolute Gasteiger partial charge is 0.110 e. The third-order valence-electron chi connectivity index (χ3n) is 3.71. The molecule has 2 rings (SSSR count). The second kappa shape index (κ2) is 6.17. The van der Waals surface area contributed by atoms with E-state index in [4.69, 9.17) is 11.6 Å². The largest absolute Gasteiger partial charge is 0.294 e. The van der Waals surface area contributed by atoms with Crippen LogP contribution in [-0.4, -0.2) is 23.0 Å². The maximum absolute atomic E-state index is 5.82. The quantitative estimate of drug-likeness (QED) is 0.752. The Hall–Kier alpha value is -0.120. The molecule has 2 nitrogen and oxygen atoms in total. The van der Waals surface area contributed by atoms with Gasteiger partial charge in [0.15, 0.2) is 0 Å². The maximum atomic E-state index is 5.82. The minimum absolute atomic E-state index is 0.508. The SMILES string of the molecule is CCC1CCN(C(CC)c2nc(CCl)cs2)C1. The minimum atomic E-state index is 0.508. The van der Waals surface area contributed by atoms with Crippen molar-refractivity contribution in [2.45, 2.75) is 45.0 Å². The Morgan fingerprint density at radius 1 is 1.59 bits per heavy atom. The molecule has 4 heteroatoms. The molecule has 2 heterocycles. The molecule has 0 N–H and O–H groups in total. The molecule has 0 radical (unpaired) electrons. The van der Waals surface area contributed by atoms with Gasteiger partial charge in [0.05, 0.1) is 17.6 Å². The molecular formula is C13H21ClN2S. The maximum Gasteiger partial charge on any atom is 0.110 e. The number of likely N-dealkylation sites (tertiary alicyclic amines) is 1. The zero-order valence-corrected chi connectivity index (χ0v) is 12.2. The summed E-state index contributed by atoms with van der Waals surface area (Å²) in [7, 11) is 0. The summed E-state index contributed by atoms with van der Waals surface area (Å²) in [5.41, 5.74) is 1.02. The van der Waals surface area contributed by atoms with E-state index in [9.17, 15) is 0 Å². The average Bonchev–Trinajstić information content (AvgIpc) is 2.99. The standard InChI is InChI=1S/C13H21ClN2S/c1-3-10-5-6-16(8-10)12(4-2)13-15-11(7-14)9-17-13/h9-10,12H,3-8H2,1-2H3. The van der Waals surface area contributed by atoms with Crippen molar-refractivity contribution in [3.05, 3.63) is 16.1 Å². The zero-order chi connectivity index (χ0) is 12.3. The third-order valence-corrected chi connectivity index (χ3v) is 4.98. The highest BCUT2D eigenvalue weighted by molar-refractivity contribution is 7.09. The van der Waals surface area contributed by atoms with Crippen LogP contribution < -0.4 is 0 Å². The summed E-state index contributed by atoms with van der Waals surface area (Å²) in [6.07, 6.45) is 3.80. The van der Waals surface area contributed by atoms with Crippen LogP contribution in [0.2, 0.25) is 0 Å². The van der Waals surface area contributed by atoms with Crippen LogP contribution in [-0.2, 0) is 5.88 Å². The van der Waals surface area contributed by atoms with Crippen LogP contribution in [0, 0.1) is 5.92 Å². The van der Waals surface area contributed by atoms with E-state index < -0.39 is 0 Å². The first-order valence-electron chi connectivity index (χ1n) is 6.52. The van der Waals surface area contributed by atoms with Crippen molar-refractivity contribution in [3.63, 3.8) is 0 Å². The van der Waals surface area contributed by atoms with E-state index in [1.807, 2.05) is 0 Å². The Labute approximate surface area is 113 Å². The van der Waals surface area contributed by atoms with Gasteiger partial charge in [-0.15, -0.1) is 22.9 Å². The number of rotatable bonds is 5. The molecule has 0 amide bonds. The van der Waals surface area contributed by atoms with Crippen LogP contribution in [0.25, 0.3) is 0 Å². The number of thiazole rings is 1. The van der Waals surface area contributed by atoms with E-state index in [2.05, 4.69) is 29.1 Å². The van der Waals surface area contributed by atoms with E-state index in [-0.39, 0.29) is 0 Å². The van der Waals surface area contributed by atoms with Crippen LogP contribution in [0.3, 0.4) is 0 Å². The van der Waals surface area contributed by atoms with Gasteiger partial charge in [-0.25, -0.2) is 4.98 Å². The van der Waals surface area contributed by atoms with Crippen molar-refractivity contribution in [1.82, 2.24) is 9.88 Å². The molecule has 96 valence electrons.